The van der Waals surface area contributed by atoms with Crippen molar-refractivity contribution in [1.29, 1.82) is 0 Å². The fraction of sp³-hybridized carbons (Fsp3) is 0.0476. The summed E-state index contributed by atoms with van der Waals surface area (Å²) in [5, 5.41) is 7.63. The van der Waals surface area contributed by atoms with Gasteiger partial charge in [-0.3, -0.25) is 0 Å². The first-order chi connectivity index (χ1) is 12.8. The number of anilines is 4. The quantitative estimate of drug-likeness (QED) is 0.407. The number of nitrogens with one attached hydrogen (secondary N) is 2. The number of nitrogens with zero attached hydrogens (tertiary/aromatic N) is 2. The van der Waals surface area contributed by atoms with Crippen molar-refractivity contribution in [2.24, 2.45) is 5.73 Å². The largest absolute Gasteiger partial charge is 0.340 e. The first kappa shape index (κ1) is 21.4. The van der Waals surface area contributed by atoms with E-state index in [4.69, 9.17) is 5.73 Å². The molecule has 4 rings (SSSR count). The molecule has 0 unspecified atom stereocenters. The van der Waals surface area contributed by atoms with E-state index in [1.54, 1.807) is 0 Å². The Hall–Kier alpha value is -2.86. The Morgan fingerprint density at radius 3 is 2.04 bits per heavy atom. The zero-order valence-electron chi connectivity index (χ0n) is 15.0. The third-order valence-electron chi connectivity index (χ3n) is 4.09. The molecule has 0 atom stereocenters. The van der Waals surface area contributed by atoms with Crippen molar-refractivity contribution in [3.63, 3.8) is 0 Å². The fourth-order valence-corrected chi connectivity index (χ4v) is 2.74. The van der Waals surface area contributed by atoms with Crippen LogP contribution in [0.15, 0.2) is 78.9 Å². The van der Waals surface area contributed by atoms with Gasteiger partial charge < -0.3 is 16.4 Å². The van der Waals surface area contributed by atoms with Crippen molar-refractivity contribution in [3.05, 3.63) is 84.4 Å². The average Bonchev–Trinajstić information content (AvgIpc) is 2.69. The minimum Gasteiger partial charge on any atom is -0.340 e. The molecule has 7 heteroatoms. The van der Waals surface area contributed by atoms with E-state index < -0.39 is 0 Å². The lowest BCUT2D eigenvalue weighted by Crippen LogP contribution is -2.02. The van der Waals surface area contributed by atoms with Crippen LogP contribution in [0.1, 0.15) is 5.56 Å². The molecule has 0 aliphatic carbocycles. The highest BCUT2D eigenvalue weighted by Gasteiger charge is 2.08. The van der Waals surface area contributed by atoms with Crippen LogP contribution in [0, 0.1) is 0 Å². The first-order valence-corrected chi connectivity index (χ1v) is 8.47. The van der Waals surface area contributed by atoms with Gasteiger partial charge in [0.15, 0.2) is 0 Å². The molecular formula is C21H21Cl2N5. The highest BCUT2D eigenvalue weighted by molar-refractivity contribution is 5.92. The van der Waals surface area contributed by atoms with Crippen LogP contribution in [-0.2, 0) is 6.54 Å². The number of fused-ring (bicyclic) bond motifs is 1. The van der Waals surface area contributed by atoms with E-state index in [2.05, 4.69) is 20.6 Å². The lowest BCUT2D eigenvalue weighted by molar-refractivity contribution is 1.07. The minimum atomic E-state index is 0. The average molecular weight is 414 g/mol. The molecular weight excluding hydrogens is 393 g/mol. The molecule has 0 amide bonds. The van der Waals surface area contributed by atoms with Gasteiger partial charge in [-0.05, 0) is 42.0 Å². The molecule has 3 aromatic carbocycles. The minimum absolute atomic E-state index is 0. The van der Waals surface area contributed by atoms with Gasteiger partial charge in [-0.25, -0.2) is 4.98 Å². The highest BCUT2D eigenvalue weighted by atomic mass is 35.5. The van der Waals surface area contributed by atoms with Gasteiger partial charge in [0, 0.05) is 23.3 Å². The summed E-state index contributed by atoms with van der Waals surface area (Å²) in [5.41, 5.74) is 9.52. The van der Waals surface area contributed by atoms with Crippen LogP contribution in [0.2, 0.25) is 0 Å². The molecule has 0 radical (unpaired) electrons. The summed E-state index contributed by atoms with van der Waals surface area (Å²) in [6.45, 7) is 0.526. The van der Waals surface area contributed by atoms with Crippen molar-refractivity contribution in [1.82, 2.24) is 9.97 Å². The number of hydrogen-bond donors (Lipinski definition) is 3. The second kappa shape index (κ2) is 9.90. The normalized spacial score (nSPS) is 9.89. The van der Waals surface area contributed by atoms with Crippen LogP contribution in [0.4, 0.5) is 23.1 Å². The van der Waals surface area contributed by atoms with Gasteiger partial charge in [0.1, 0.15) is 5.82 Å². The van der Waals surface area contributed by atoms with Crippen molar-refractivity contribution in [2.75, 3.05) is 10.6 Å². The Morgan fingerprint density at radius 2 is 1.32 bits per heavy atom. The Labute approximate surface area is 176 Å². The van der Waals surface area contributed by atoms with E-state index >= 15 is 0 Å². The van der Waals surface area contributed by atoms with E-state index in [9.17, 15) is 0 Å². The number of rotatable bonds is 5. The second-order valence-corrected chi connectivity index (χ2v) is 5.93. The Balaban J connectivity index is 0.00000140. The summed E-state index contributed by atoms with van der Waals surface area (Å²) in [6, 6.07) is 25.9. The number of aromatic nitrogens is 2. The van der Waals surface area contributed by atoms with Gasteiger partial charge in [-0.2, -0.15) is 4.98 Å². The number of para-hydroxylation sites is 2. The molecule has 4 aromatic rings. The summed E-state index contributed by atoms with van der Waals surface area (Å²) in [4.78, 5) is 9.30. The standard InChI is InChI=1S/C21H19N5.2ClH/c22-14-15-10-12-17(13-11-15)24-21-25-19-9-5-4-8-18(19)20(26-21)23-16-6-2-1-3-7-16;;/h1-13H,14,22H2,(H2,23,24,25,26);2*1H. The summed E-state index contributed by atoms with van der Waals surface area (Å²) in [7, 11) is 0. The van der Waals surface area contributed by atoms with Crippen molar-refractivity contribution in [3.8, 4) is 0 Å². The molecule has 1 aromatic heterocycles. The second-order valence-electron chi connectivity index (χ2n) is 5.93. The fourth-order valence-electron chi connectivity index (χ4n) is 2.74. The van der Waals surface area contributed by atoms with E-state index in [1.165, 1.54) is 0 Å². The van der Waals surface area contributed by atoms with Gasteiger partial charge in [-0.1, -0.05) is 42.5 Å². The van der Waals surface area contributed by atoms with Gasteiger partial charge in [0.05, 0.1) is 5.52 Å². The van der Waals surface area contributed by atoms with Crippen LogP contribution in [0.3, 0.4) is 0 Å². The zero-order chi connectivity index (χ0) is 17.8. The van der Waals surface area contributed by atoms with Crippen LogP contribution in [0.5, 0.6) is 0 Å². The maximum atomic E-state index is 5.65. The zero-order valence-corrected chi connectivity index (χ0v) is 16.6. The molecule has 0 fully saturated rings. The van der Waals surface area contributed by atoms with E-state index in [1.807, 2.05) is 78.9 Å². The van der Waals surface area contributed by atoms with Crippen LogP contribution < -0.4 is 16.4 Å². The van der Waals surface area contributed by atoms with Crippen molar-refractivity contribution in [2.45, 2.75) is 6.54 Å². The number of nitrogens with two attached hydrogens (primary N) is 1. The van der Waals surface area contributed by atoms with E-state index in [-0.39, 0.29) is 24.8 Å². The monoisotopic (exact) mass is 413 g/mol. The van der Waals surface area contributed by atoms with E-state index in [0.717, 1.165) is 33.7 Å². The molecule has 1 heterocycles. The number of benzene rings is 3. The number of halogens is 2. The van der Waals surface area contributed by atoms with Gasteiger partial charge in [0.25, 0.3) is 0 Å². The molecule has 144 valence electrons. The Morgan fingerprint density at radius 1 is 0.679 bits per heavy atom. The molecule has 4 N–H and O–H groups in total. The summed E-state index contributed by atoms with van der Waals surface area (Å²) in [6.07, 6.45) is 0. The highest BCUT2D eigenvalue weighted by Crippen LogP contribution is 2.26. The predicted molar refractivity (Wildman–Crippen MR) is 121 cm³/mol. The number of hydrogen-bond acceptors (Lipinski definition) is 5. The third-order valence-corrected chi connectivity index (χ3v) is 4.09. The first-order valence-electron chi connectivity index (χ1n) is 8.47. The third kappa shape index (κ3) is 4.89. The maximum Gasteiger partial charge on any atom is 0.229 e. The lowest BCUT2D eigenvalue weighted by Gasteiger charge is -2.12. The molecule has 0 saturated carbocycles. The van der Waals surface area contributed by atoms with Gasteiger partial charge >= 0.3 is 0 Å². The molecule has 0 aliphatic heterocycles. The maximum absolute atomic E-state index is 5.65. The van der Waals surface area contributed by atoms with E-state index in [0.29, 0.717) is 12.5 Å². The van der Waals surface area contributed by atoms with Crippen LogP contribution >= 0.6 is 24.8 Å². The van der Waals surface area contributed by atoms with Crippen LogP contribution in [-0.4, -0.2) is 9.97 Å². The van der Waals surface area contributed by atoms with Gasteiger partial charge in [0.2, 0.25) is 5.95 Å². The molecule has 0 saturated heterocycles. The molecule has 0 spiro atoms. The van der Waals surface area contributed by atoms with Crippen molar-refractivity contribution < 1.29 is 0 Å². The van der Waals surface area contributed by atoms with Crippen molar-refractivity contribution >= 4 is 58.9 Å². The SMILES string of the molecule is Cl.Cl.NCc1ccc(Nc2nc(Nc3ccccc3)c3ccccc3n2)cc1. The smallest absolute Gasteiger partial charge is 0.229 e. The topological polar surface area (TPSA) is 75.9 Å². The lowest BCUT2D eigenvalue weighted by atomic mass is 10.2. The predicted octanol–water partition coefficient (Wildman–Crippen LogP) is 5.42. The molecule has 0 bridgehead atoms. The molecule has 28 heavy (non-hydrogen) atoms. The summed E-state index contributed by atoms with van der Waals surface area (Å²) in [5.74, 6) is 1.31. The molecule has 5 nitrogen and oxygen atoms in total. The Bertz CT molecular complexity index is 1020. The van der Waals surface area contributed by atoms with Crippen LogP contribution in [0.25, 0.3) is 10.9 Å². The van der Waals surface area contributed by atoms with Gasteiger partial charge in [-0.15, -0.1) is 24.8 Å². The summed E-state index contributed by atoms with van der Waals surface area (Å²) < 4.78 is 0. The Kier molecular flexibility index (Phi) is 7.58. The summed E-state index contributed by atoms with van der Waals surface area (Å²) >= 11 is 0. The molecule has 0 aliphatic rings.